The lowest BCUT2D eigenvalue weighted by atomic mass is 9.94. The second-order valence-electron chi connectivity index (χ2n) is 8.30. The number of nitrogens with zero attached hydrogens (tertiary/aromatic N) is 3. The highest BCUT2D eigenvalue weighted by Crippen LogP contribution is 2.42. The molecule has 0 saturated carbocycles. The van der Waals surface area contributed by atoms with E-state index < -0.39 is 51.6 Å². The van der Waals surface area contributed by atoms with Crippen molar-refractivity contribution in [2.24, 2.45) is 0 Å². The molecule has 0 bridgehead atoms. The van der Waals surface area contributed by atoms with E-state index in [1.54, 1.807) is 6.92 Å². The summed E-state index contributed by atoms with van der Waals surface area (Å²) in [4.78, 5) is 30.9. The number of carbonyl (C=O) groups excluding carboxylic acids is 1. The van der Waals surface area contributed by atoms with Gasteiger partial charge in [-0.1, -0.05) is 11.6 Å². The molecular formula is C22H20ClF3N4O4. The molecule has 180 valence electrons. The zero-order valence-corrected chi connectivity index (χ0v) is 19.1. The van der Waals surface area contributed by atoms with Crippen molar-refractivity contribution in [1.29, 1.82) is 0 Å². The van der Waals surface area contributed by atoms with Crippen molar-refractivity contribution in [3.63, 3.8) is 0 Å². The fourth-order valence-corrected chi connectivity index (χ4v) is 4.43. The van der Waals surface area contributed by atoms with Gasteiger partial charge in [0.05, 0.1) is 33.8 Å². The number of ether oxygens (including phenoxy) is 1. The van der Waals surface area contributed by atoms with Crippen LogP contribution in [0.25, 0.3) is 16.7 Å². The molecule has 1 saturated heterocycles. The van der Waals surface area contributed by atoms with Crippen LogP contribution < -0.4 is 16.1 Å². The number of halogens is 4. The van der Waals surface area contributed by atoms with E-state index in [1.807, 2.05) is 0 Å². The van der Waals surface area contributed by atoms with Crippen molar-refractivity contribution >= 4 is 40.0 Å². The van der Waals surface area contributed by atoms with Crippen LogP contribution in [0.5, 0.6) is 0 Å². The van der Waals surface area contributed by atoms with Crippen molar-refractivity contribution in [3.8, 4) is 5.82 Å². The van der Waals surface area contributed by atoms with Crippen molar-refractivity contribution in [2.75, 3.05) is 30.3 Å². The zero-order chi connectivity index (χ0) is 25.1. The lowest BCUT2D eigenvalue weighted by molar-refractivity contribution is 0.0306. The van der Waals surface area contributed by atoms with E-state index in [4.69, 9.17) is 22.1 Å². The van der Waals surface area contributed by atoms with Crippen LogP contribution in [0.15, 0.2) is 17.1 Å². The van der Waals surface area contributed by atoms with Gasteiger partial charge in [-0.3, -0.25) is 9.36 Å². The Morgan fingerprint density at radius 2 is 1.97 bits per heavy atom. The summed E-state index contributed by atoms with van der Waals surface area (Å²) in [6.45, 7) is 4.43. The maximum atomic E-state index is 15.5. The molecule has 8 nitrogen and oxygen atoms in total. The molecule has 3 aromatic rings. The van der Waals surface area contributed by atoms with Crippen LogP contribution in [0.4, 0.5) is 24.7 Å². The van der Waals surface area contributed by atoms with Crippen LogP contribution >= 0.6 is 11.6 Å². The second kappa shape index (κ2) is 8.17. The van der Waals surface area contributed by atoms with Crippen LogP contribution in [0.1, 0.15) is 29.8 Å². The Kier molecular flexibility index (Phi) is 5.73. The van der Waals surface area contributed by atoms with Crippen molar-refractivity contribution < 1.29 is 27.8 Å². The molecule has 1 aromatic carbocycles. The molecule has 0 unspecified atom stereocenters. The van der Waals surface area contributed by atoms with Gasteiger partial charge >= 0.3 is 5.97 Å². The van der Waals surface area contributed by atoms with Gasteiger partial charge in [-0.05, 0) is 20.8 Å². The SMILES string of the molecule is CCOC(=O)c1cn(-c2nc(N)c(F)cc2F)c2c(Cl)c(N3CC(C)(O)C3)c(F)c(C)c2c1=O. The van der Waals surface area contributed by atoms with E-state index in [9.17, 15) is 23.5 Å². The first-order valence-electron chi connectivity index (χ1n) is 10.2. The number of nitrogen functional groups attached to an aromatic ring is 1. The highest BCUT2D eigenvalue weighted by molar-refractivity contribution is 6.38. The Hall–Kier alpha value is -3.31. The lowest BCUT2D eigenvalue weighted by Crippen LogP contribution is -2.60. The van der Waals surface area contributed by atoms with E-state index in [0.29, 0.717) is 6.07 Å². The van der Waals surface area contributed by atoms with E-state index >= 15 is 4.39 Å². The normalized spacial score (nSPS) is 14.9. The summed E-state index contributed by atoms with van der Waals surface area (Å²) >= 11 is 6.57. The maximum absolute atomic E-state index is 15.5. The molecular weight excluding hydrogens is 477 g/mol. The summed E-state index contributed by atoms with van der Waals surface area (Å²) in [6.07, 6.45) is 0.949. The van der Waals surface area contributed by atoms with Gasteiger partial charge in [0.2, 0.25) is 5.43 Å². The molecule has 1 aliphatic rings. The number of aliphatic hydroxyl groups is 1. The van der Waals surface area contributed by atoms with Crippen LogP contribution in [-0.2, 0) is 4.74 Å². The summed E-state index contributed by atoms with van der Waals surface area (Å²) in [7, 11) is 0. The topological polar surface area (TPSA) is 111 Å². The van der Waals surface area contributed by atoms with Gasteiger partial charge in [0, 0.05) is 30.9 Å². The summed E-state index contributed by atoms with van der Waals surface area (Å²) in [6, 6.07) is 0.490. The third kappa shape index (κ3) is 3.64. The van der Waals surface area contributed by atoms with Gasteiger partial charge in [-0.15, -0.1) is 0 Å². The third-order valence-corrected chi connectivity index (χ3v) is 5.93. The van der Waals surface area contributed by atoms with Crippen LogP contribution in [0.3, 0.4) is 0 Å². The molecule has 3 N–H and O–H groups in total. The predicted molar refractivity (Wildman–Crippen MR) is 120 cm³/mol. The summed E-state index contributed by atoms with van der Waals surface area (Å²) in [5.74, 6) is -5.37. The number of anilines is 2. The van der Waals surface area contributed by atoms with Crippen molar-refractivity contribution in [2.45, 2.75) is 26.4 Å². The van der Waals surface area contributed by atoms with Gasteiger partial charge in [-0.25, -0.2) is 22.9 Å². The van der Waals surface area contributed by atoms with Crippen molar-refractivity contribution in [3.05, 3.63) is 56.1 Å². The third-order valence-electron chi connectivity index (χ3n) is 5.58. The number of carbonyl (C=O) groups is 1. The number of benzene rings is 1. The van der Waals surface area contributed by atoms with Crippen LogP contribution in [0, 0.1) is 24.4 Å². The Balaban J connectivity index is 2.15. The molecule has 2 aromatic heterocycles. The number of esters is 1. The molecule has 0 spiro atoms. The quantitative estimate of drug-likeness (QED) is 0.534. The van der Waals surface area contributed by atoms with E-state index in [0.717, 1.165) is 10.8 Å². The van der Waals surface area contributed by atoms with Gasteiger partial charge < -0.3 is 20.5 Å². The van der Waals surface area contributed by atoms with Gasteiger partial charge in [0.15, 0.2) is 29.1 Å². The van der Waals surface area contributed by atoms with Crippen molar-refractivity contribution in [1.82, 2.24) is 9.55 Å². The number of hydrogen-bond acceptors (Lipinski definition) is 7. The molecule has 34 heavy (non-hydrogen) atoms. The first-order valence-corrected chi connectivity index (χ1v) is 10.6. The number of hydrogen-bond donors (Lipinski definition) is 2. The number of rotatable bonds is 4. The minimum atomic E-state index is -1.17. The minimum absolute atomic E-state index is 0.0514. The summed E-state index contributed by atoms with van der Waals surface area (Å²) in [5.41, 5.74) is 2.58. The van der Waals surface area contributed by atoms with Gasteiger partial charge in [-0.2, -0.15) is 0 Å². The van der Waals surface area contributed by atoms with Gasteiger partial charge in [0.1, 0.15) is 5.56 Å². The fraction of sp³-hybridized carbons (Fsp3) is 0.318. The summed E-state index contributed by atoms with van der Waals surface area (Å²) < 4.78 is 50.0. The highest BCUT2D eigenvalue weighted by Gasteiger charge is 2.40. The number of nitrogens with two attached hydrogens (primary N) is 1. The standard InChI is InChI=1S/C22H20ClF3N4O4/c1-4-34-21(32)10-6-30(20-12(25)5-11(24)19(27)28-20)16-13(18(10)31)9(2)15(26)17(14(16)23)29-7-22(3,33)8-29/h5-6,33H,4,7-8H2,1-3H3,(H2,27,28). The molecule has 1 aliphatic heterocycles. The molecule has 0 radical (unpaired) electrons. The largest absolute Gasteiger partial charge is 0.462 e. The second-order valence-corrected chi connectivity index (χ2v) is 8.68. The number of fused-ring (bicyclic) bond motifs is 1. The smallest absolute Gasteiger partial charge is 0.343 e. The average Bonchev–Trinajstić information content (AvgIpc) is 2.73. The van der Waals surface area contributed by atoms with E-state index in [-0.39, 0.29) is 46.9 Å². The van der Waals surface area contributed by atoms with Crippen LogP contribution in [0.2, 0.25) is 5.02 Å². The minimum Gasteiger partial charge on any atom is -0.462 e. The molecule has 3 heterocycles. The number of pyridine rings is 2. The monoisotopic (exact) mass is 496 g/mol. The number of aromatic nitrogens is 2. The first-order chi connectivity index (χ1) is 15.9. The highest BCUT2D eigenvalue weighted by atomic mass is 35.5. The molecule has 0 atom stereocenters. The molecule has 4 rings (SSSR count). The zero-order valence-electron chi connectivity index (χ0n) is 18.4. The Bertz CT molecular complexity index is 1420. The summed E-state index contributed by atoms with van der Waals surface area (Å²) in [5, 5.41) is 9.51. The molecule has 0 aliphatic carbocycles. The first kappa shape index (κ1) is 23.8. The molecule has 1 fully saturated rings. The number of β-amino-alcohol motifs (C(OH)–C–C–N with tert-alkyl or cyclic N) is 1. The van der Waals surface area contributed by atoms with E-state index in [1.165, 1.54) is 18.7 Å². The lowest BCUT2D eigenvalue weighted by Gasteiger charge is -2.46. The number of aryl methyl sites for hydroxylation is 1. The maximum Gasteiger partial charge on any atom is 0.343 e. The van der Waals surface area contributed by atoms with E-state index in [2.05, 4.69) is 4.98 Å². The molecule has 12 heteroatoms. The van der Waals surface area contributed by atoms with Crippen LogP contribution in [-0.4, -0.2) is 45.9 Å². The Labute approximate surface area is 196 Å². The average molecular weight is 497 g/mol. The Morgan fingerprint density at radius 1 is 1.32 bits per heavy atom. The Morgan fingerprint density at radius 3 is 2.56 bits per heavy atom. The fourth-order valence-electron chi connectivity index (χ4n) is 4.05. The molecule has 0 amide bonds. The van der Waals surface area contributed by atoms with Gasteiger partial charge in [0.25, 0.3) is 0 Å². The predicted octanol–water partition coefficient (Wildman–Crippen LogP) is 3.09.